The minimum absolute atomic E-state index is 0.145. The first-order valence-electron chi connectivity index (χ1n) is 8.92. The summed E-state index contributed by atoms with van der Waals surface area (Å²) >= 11 is 1.19. The molecule has 3 rings (SSSR count). The van der Waals surface area contributed by atoms with Crippen molar-refractivity contribution in [2.24, 2.45) is 5.92 Å². The van der Waals surface area contributed by atoms with Crippen molar-refractivity contribution in [1.29, 1.82) is 0 Å². The van der Waals surface area contributed by atoms with Crippen LogP contribution in [0.25, 0.3) is 0 Å². The molecule has 9 heteroatoms. The smallest absolute Gasteiger partial charge is 0.309 e. The number of hydrogen-bond acceptors (Lipinski definition) is 6. The van der Waals surface area contributed by atoms with Crippen molar-refractivity contribution in [2.45, 2.75) is 42.9 Å². The number of piperidine rings is 1. The number of carbonyl (C=O) groups excluding carboxylic acids is 2. The number of rotatable bonds is 5. The van der Waals surface area contributed by atoms with E-state index in [9.17, 15) is 18.0 Å². The molecule has 2 fully saturated rings. The highest BCUT2D eigenvalue weighted by Crippen LogP contribution is 2.27. The van der Waals surface area contributed by atoms with E-state index < -0.39 is 22.1 Å². The van der Waals surface area contributed by atoms with E-state index in [4.69, 9.17) is 4.74 Å². The van der Waals surface area contributed by atoms with Crippen LogP contribution in [0.1, 0.15) is 32.6 Å². The van der Waals surface area contributed by atoms with Crippen LogP contribution in [0.5, 0.6) is 0 Å². The van der Waals surface area contributed by atoms with Crippen molar-refractivity contribution in [1.82, 2.24) is 9.21 Å². The van der Waals surface area contributed by atoms with Crippen LogP contribution >= 0.6 is 11.3 Å². The summed E-state index contributed by atoms with van der Waals surface area (Å²) in [4.78, 5) is 26.3. The van der Waals surface area contributed by atoms with Gasteiger partial charge >= 0.3 is 5.97 Å². The van der Waals surface area contributed by atoms with Crippen LogP contribution in [-0.4, -0.2) is 61.8 Å². The molecule has 0 N–H and O–H groups in total. The van der Waals surface area contributed by atoms with Gasteiger partial charge in [-0.05, 0) is 44.1 Å². The van der Waals surface area contributed by atoms with Gasteiger partial charge in [-0.25, -0.2) is 8.42 Å². The van der Waals surface area contributed by atoms with Crippen molar-refractivity contribution in [3.05, 3.63) is 17.5 Å². The lowest BCUT2D eigenvalue weighted by atomic mass is 9.98. The molecule has 26 heavy (non-hydrogen) atoms. The fourth-order valence-electron chi connectivity index (χ4n) is 3.38. The molecule has 0 bridgehead atoms. The van der Waals surface area contributed by atoms with Crippen LogP contribution < -0.4 is 0 Å². The normalized spacial score (nSPS) is 20.9. The molecule has 0 aliphatic carbocycles. The molecule has 1 atom stereocenters. The second-order valence-corrected chi connectivity index (χ2v) is 9.83. The minimum atomic E-state index is -3.48. The molecule has 0 saturated carbocycles. The summed E-state index contributed by atoms with van der Waals surface area (Å²) in [5, 5.41) is 1.73. The van der Waals surface area contributed by atoms with Gasteiger partial charge in [0.1, 0.15) is 4.21 Å². The largest absolute Gasteiger partial charge is 0.452 e. The number of ether oxygens (including phenoxy) is 1. The summed E-state index contributed by atoms with van der Waals surface area (Å²) in [5.41, 5.74) is 0. The fourth-order valence-corrected chi connectivity index (χ4v) is 6.00. The summed E-state index contributed by atoms with van der Waals surface area (Å²) in [7, 11) is -3.48. The summed E-state index contributed by atoms with van der Waals surface area (Å²) in [5.74, 6) is -0.912. The SMILES string of the molecule is C[C@H](OC(=O)C1CCN(S(=O)(=O)c2cccs2)CC1)C(=O)N1CCCC1. The Balaban J connectivity index is 1.51. The third-order valence-electron chi connectivity index (χ3n) is 4.93. The zero-order valence-electron chi connectivity index (χ0n) is 14.8. The zero-order chi connectivity index (χ0) is 18.7. The van der Waals surface area contributed by atoms with Crippen molar-refractivity contribution >= 4 is 33.2 Å². The Bertz CT molecular complexity index is 733. The van der Waals surface area contributed by atoms with Crippen LogP contribution in [0.4, 0.5) is 0 Å². The number of carbonyl (C=O) groups is 2. The summed E-state index contributed by atoms with van der Waals surface area (Å²) in [6.45, 7) is 3.62. The van der Waals surface area contributed by atoms with E-state index in [0.717, 1.165) is 25.9 Å². The lowest BCUT2D eigenvalue weighted by molar-refractivity contribution is -0.163. The predicted molar refractivity (Wildman–Crippen MR) is 97.2 cm³/mol. The molecule has 1 aromatic rings. The van der Waals surface area contributed by atoms with E-state index in [0.29, 0.717) is 17.1 Å². The average molecular weight is 401 g/mol. The Morgan fingerprint density at radius 1 is 1.19 bits per heavy atom. The number of nitrogens with zero attached hydrogens (tertiary/aromatic N) is 2. The van der Waals surface area contributed by atoms with Gasteiger partial charge < -0.3 is 9.64 Å². The highest BCUT2D eigenvalue weighted by atomic mass is 32.2. The number of likely N-dealkylation sites (tertiary alicyclic amines) is 1. The van der Waals surface area contributed by atoms with Gasteiger partial charge in [-0.15, -0.1) is 11.3 Å². The molecule has 2 aliphatic rings. The van der Waals surface area contributed by atoms with Crippen LogP contribution in [-0.2, 0) is 24.3 Å². The van der Waals surface area contributed by atoms with Crippen molar-refractivity contribution in [3.8, 4) is 0 Å². The quantitative estimate of drug-likeness (QED) is 0.703. The second kappa shape index (κ2) is 8.06. The van der Waals surface area contributed by atoms with E-state index in [-0.39, 0.29) is 24.9 Å². The number of thiophene rings is 1. The molecule has 0 radical (unpaired) electrons. The molecule has 2 aliphatic heterocycles. The van der Waals surface area contributed by atoms with Crippen molar-refractivity contribution < 1.29 is 22.7 Å². The van der Waals surface area contributed by atoms with E-state index >= 15 is 0 Å². The summed E-state index contributed by atoms with van der Waals surface area (Å²) < 4.78 is 32.1. The van der Waals surface area contributed by atoms with Gasteiger partial charge in [0.05, 0.1) is 5.92 Å². The third-order valence-corrected chi connectivity index (χ3v) is 8.21. The summed E-state index contributed by atoms with van der Waals surface area (Å²) in [6.07, 6.45) is 2.02. The molecule has 144 valence electrons. The maximum Gasteiger partial charge on any atom is 0.309 e. The van der Waals surface area contributed by atoms with E-state index in [1.165, 1.54) is 15.6 Å². The third kappa shape index (κ3) is 4.10. The van der Waals surface area contributed by atoms with Gasteiger partial charge in [-0.2, -0.15) is 4.31 Å². The molecule has 1 aromatic heterocycles. The Morgan fingerprint density at radius 3 is 2.42 bits per heavy atom. The fraction of sp³-hybridized carbons (Fsp3) is 0.647. The van der Waals surface area contributed by atoms with Crippen LogP contribution in [0, 0.1) is 5.92 Å². The van der Waals surface area contributed by atoms with E-state index in [1.807, 2.05) is 0 Å². The number of sulfonamides is 1. The molecule has 3 heterocycles. The topological polar surface area (TPSA) is 84.0 Å². The molecular weight excluding hydrogens is 376 g/mol. The molecule has 0 aromatic carbocycles. The van der Waals surface area contributed by atoms with Gasteiger partial charge in [0.25, 0.3) is 15.9 Å². The number of hydrogen-bond donors (Lipinski definition) is 0. The van der Waals surface area contributed by atoms with Crippen LogP contribution in [0.15, 0.2) is 21.7 Å². The highest BCUT2D eigenvalue weighted by molar-refractivity contribution is 7.91. The highest BCUT2D eigenvalue weighted by Gasteiger charge is 2.35. The van der Waals surface area contributed by atoms with Gasteiger partial charge in [-0.1, -0.05) is 6.07 Å². The molecule has 7 nitrogen and oxygen atoms in total. The van der Waals surface area contributed by atoms with E-state index in [1.54, 1.807) is 29.3 Å². The Morgan fingerprint density at radius 2 is 1.85 bits per heavy atom. The molecular formula is C17H24N2O5S2. The van der Waals surface area contributed by atoms with Gasteiger partial charge in [0.15, 0.2) is 6.10 Å². The maximum absolute atomic E-state index is 12.5. The minimum Gasteiger partial charge on any atom is -0.452 e. The van der Waals surface area contributed by atoms with Crippen LogP contribution in [0.3, 0.4) is 0 Å². The van der Waals surface area contributed by atoms with Gasteiger partial charge in [-0.3, -0.25) is 9.59 Å². The maximum atomic E-state index is 12.5. The first kappa shape index (κ1) is 19.3. The molecule has 0 unspecified atom stereocenters. The first-order valence-corrected chi connectivity index (χ1v) is 11.2. The van der Waals surface area contributed by atoms with Crippen molar-refractivity contribution in [2.75, 3.05) is 26.2 Å². The molecule has 2 saturated heterocycles. The number of amides is 1. The average Bonchev–Trinajstić information content (AvgIpc) is 3.34. The Labute approximate surface area is 158 Å². The number of esters is 1. The Hall–Kier alpha value is -1.45. The molecule has 1 amide bonds. The standard InChI is InChI=1S/C17H24N2O5S2/c1-13(16(20)18-8-2-3-9-18)24-17(21)14-6-10-19(11-7-14)26(22,23)15-5-4-12-25-15/h4-5,12-14H,2-3,6-11H2,1H3/t13-/m0/s1. The first-order chi connectivity index (χ1) is 12.4. The molecule has 0 spiro atoms. The van der Waals surface area contributed by atoms with Gasteiger partial charge in [0, 0.05) is 26.2 Å². The van der Waals surface area contributed by atoms with Gasteiger partial charge in [0.2, 0.25) is 0 Å². The second-order valence-electron chi connectivity index (χ2n) is 6.72. The summed E-state index contributed by atoms with van der Waals surface area (Å²) in [6, 6.07) is 3.30. The lowest BCUT2D eigenvalue weighted by Gasteiger charge is -2.30. The lowest BCUT2D eigenvalue weighted by Crippen LogP contribution is -2.42. The van der Waals surface area contributed by atoms with Crippen molar-refractivity contribution in [3.63, 3.8) is 0 Å². The monoisotopic (exact) mass is 400 g/mol. The Kier molecular flexibility index (Phi) is 5.99. The van der Waals surface area contributed by atoms with E-state index in [2.05, 4.69) is 0 Å². The zero-order valence-corrected chi connectivity index (χ0v) is 16.4. The van der Waals surface area contributed by atoms with Crippen LogP contribution in [0.2, 0.25) is 0 Å². The predicted octanol–water partition coefficient (Wildman–Crippen LogP) is 1.70.